The molecule has 1 fully saturated rings. The van der Waals surface area contributed by atoms with Crippen molar-refractivity contribution < 1.29 is 4.79 Å². The van der Waals surface area contributed by atoms with Crippen molar-refractivity contribution in [3.8, 4) is 5.69 Å². The fraction of sp³-hybridized carbons (Fsp3) is 0.333. The van der Waals surface area contributed by atoms with Gasteiger partial charge < -0.3 is 4.90 Å². The van der Waals surface area contributed by atoms with Gasteiger partial charge in [-0.05, 0) is 25.0 Å². The van der Waals surface area contributed by atoms with Gasteiger partial charge in [0.25, 0.3) is 5.91 Å². The van der Waals surface area contributed by atoms with Crippen LogP contribution >= 0.6 is 11.6 Å². The second kappa shape index (κ2) is 5.67. The molecule has 1 aromatic carbocycles. The summed E-state index contributed by atoms with van der Waals surface area (Å²) in [6, 6.07) is 10.1. The highest BCUT2D eigenvalue weighted by molar-refractivity contribution is 6.18. The zero-order chi connectivity index (χ0) is 13.9. The largest absolute Gasteiger partial charge is 0.334 e. The van der Waals surface area contributed by atoms with E-state index in [0.717, 1.165) is 18.5 Å². The molecule has 104 valence electrons. The van der Waals surface area contributed by atoms with E-state index >= 15 is 0 Å². The first-order valence-electron chi connectivity index (χ1n) is 6.76. The van der Waals surface area contributed by atoms with Crippen molar-refractivity contribution in [2.24, 2.45) is 0 Å². The zero-order valence-corrected chi connectivity index (χ0v) is 11.8. The number of aromatic nitrogens is 2. The molecule has 5 heteroatoms. The predicted molar refractivity (Wildman–Crippen MR) is 78.3 cm³/mol. The second-order valence-electron chi connectivity index (χ2n) is 4.93. The van der Waals surface area contributed by atoms with Crippen LogP contribution in [0.1, 0.15) is 23.2 Å². The van der Waals surface area contributed by atoms with Gasteiger partial charge in [0.15, 0.2) is 0 Å². The topological polar surface area (TPSA) is 38.1 Å². The van der Waals surface area contributed by atoms with Crippen LogP contribution in [0.3, 0.4) is 0 Å². The molecule has 20 heavy (non-hydrogen) atoms. The Morgan fingerprint density at radius 2 is 2.10 bits per heavy atom. The molecule has 1 aliphatic rings. The lowest BCUT2D eigenvalue weighted by molar-refractivity contribution is 0.0753. The molecule has 1 aromatic heterocycles. The van der Waals surface area contributed by atoms with Crippen LogP contribution in [0.4, 0.5) is 0 Å². The maximum absolute atomic E-state index is 12.5. The Kier molecular flexibility index (Phi) is 3.74. The number of para-hydroxylation sites is 1. The number of halogens is 1. The number of rotatable bonds is 5. The Morgan fingerprint density at radius 3 is 2.75 bits per heavy atom. The highest BCUT2D eigenvalue weighted by Crippen LogP contribution is 2.28. The third-order valence-corrected chi connectivity index (χ3v) is 3.59. The van der Waals surface area contributed by atoms with E-state index in [0.29, 0.717) is 24.0 Å². The standard InChI is InChI=1S/C15H16ClN3O/c16-8-9-18(13-6-7-13)15(20)12-10-17-19(11-12)14-4-2-1-3-5-14/h1-5,10-11,13H,6-9H2. The van der Waals surface area contributed by atoms with Crippen LogP contribution in [0, 0.1) is 0 Å². The number of hydrogen-bond donors (Lipinski definition) is 0. The van der Waals surface area contributed by atoms with E-state index in [2.05, 4.69) is 5.10 Å². The molecule has 3 rings (SSSR count). The fourth-order valence-electron chi connectivity index (χ4n) is 2.25. The van der Waals surface area contributed by atoms with Crippen molar-refractivity contribution in [3.63, 3.8) is 0 Å². The number of amides is 1. The first-order valence-corrected chi connectivity index (χ1v) is 7.30. The lowest BCUT2D eigenvalue weighted by Crippen LogP contribution is -2.34. The average Bonchev–Trinajstić information content (AvgIpc) is 3.21. The lowest BCUT2D eigenvalue weighted by Gasteiger charge is -2.20. The van der Waals surface area contributed by atoms with Crippen molar-refractivity contribution in [1.29, 1.82) is 0 Å². The Hall–Kier alpha value is -1.81. The average molecular weight is 290 g/mol. The van der Waals surface area contributed by atoms with E-state index in [1.54, 1.807) is 17.1 Å². The third-order valence-electron chi connectivity index (χ3n) is 3.42. The van der Waals surface area contributed by atoms with Gasteiger partial charge in [0, 0.05) is 24.7 Å². The van der Waals surface area contributed by atoms with Gasteiger partial charge in [-0.3, -0.25) is 4.79 Å². The SMILES string of the molecule is O=C(c1cnn(-c2ccccc2)c1)N(CCCl)C1CC1. The van der Waals surface area contributed by atoms with Crippen molar-refractivity contribution in [2.45, 2.75) is 18.9 Å². The van der Waals surface area contributed by atoms with Gasteiger partial charge in [-0.15, -0.1) is 11.6 Å². The molecule has 0 spiro atoms. The molecule has 0 N–H and O–H groups in total. The van der Waals surface area contributed by atoms with Gasteiger partial charge in [0.2, 0.25) is 0 Å². The molecule has 0 unspecified atom stereocenters. The summed E-state index contributed by atoms with van der Waals surface area (Å²) in [5.74, 6) is 0.491. The highest BCUT2D eigenvalue weighted by atomic mass is 35.5. The van der Waals surface area contributed by atoms with Gasteiger partial charge in [-0.25, -0.2) is 4.68 Å². The number of benzene rings is 1. The van der Waals surface area contributed by atoms with E-state index in [-0.39, 0.29) is 5.91 Å². The first-order chi connectivity index (χ1) is 9.79. The van der Waals surface area contributed by atoms with Crippen LogP contribution in [0.25, 0.3) is 5.69 Å². The molecular formula is C15H16ClN3O. The molecule has 1 aliphatic carbocycles. The lowest BCUT2D eigenvalue weighted by atomic mass is 10.3. The van der Waals surface area contributed by atoms with Crippen LogP contribution in [0.2, 0.25) is 0 Å². The minimum atomic E-state index is 0.0235. The molecule has 0 aliphatic heterocycles. The van der Waals surface area contributed by atoms with Crippen molar-refractivity contribution in [2.75, 3.05) is 12.4 Å². The van der Waals surface area contributed by atoms with Gasteiger partial charge in [-0.1, -0.05) is 18.2 Å². The van der Waals surface area contributed by atoms with Crippen LogP contribution < -0.4 is 0 Å². The minimum absolute atomic E-state index is 0.0235. The summed E-state index contributed by atoms with van der Waals surface area (Å²) in [5.41, 5.74) is 1.56. The number of nitrogens with zero attached hydrogens (tertiary/aromatic N) is 3. The number of hydrogen-bond acceptors (Lipinski definition) is 2. The van der Waals surface area contributed by atoms with Crippen LogP contribution in [-0.2, 0) is 0 Å². The maximum Gasteiger partial charge on any atom is 0.257 e. The number of alkyl halides is 1. The number of carbonyl (C=O) groups is 1. The zero-order valence-electron chi connectivity index (χ0n) is 11.1. The Morgan fingerprint density at radius 1 is 1.35 bits per heavy atom. The van der Waals surface area contributed by atoms with Gasteiger partial charge in [-0.2, -0.15) is 5.10 Å². The predicted octanol–water partition coefficient (Wildman–Crippen LogP) is 2.72. The van der Waals surface area contributed by atoms with E-state index in [9.17, 15) is 4.79 Å². The molecule has 4 nitrogen and oxygen atoms in total. The molecule has 0 saturated heterocycles. The summed E-state index contributed by atoms with van der Waals surface area (Å²) < 4.78 is 1.72. The highest BCUT2D eigenvalue weighted by Gasteiger charge is 2.33. The molecule has 1 heterocycles. The van der Waals surface area contributed by atoms with Gasteiger partial charge in [0.05, 0.1) is 17.4 Å². The second-order valence-corrected chi connectivity index (χ2v) is 5.31. The molecule has 1 saturated carbocycles. The van der Waals surface area contributed by atoms with Gasteiger partial charge >= 0.3 is 0 Å². The quantitative estimate of drug-likeness (QED) is 0.794. The van der Waals surface area contributed by atoms with Crippen LogP contribution in [0.15, 0.2) is 42.7 Å². The fourth-order valence-corrected chi connectivity index (χ4v) is 2.43. The molecule has 1 amide bonds. The van der Waals surface area contributed by atoms with Gasteiger partial charge in [0.1, 0.15) is 0 Å². The van der Waals surface area contributed by atoms with E-state index < -0.39 is 0 Å². The Balaban J connectivity index is 1.80. The molecule has 0 bridgehead atoms. The summed E-state index contributed by atoms with van der Waals surface area (Å²) >= 11 is 5.79. The maximum atomic E-state index is 12.5. The molecule has 2 aromatic rings. The van der Waals surface area contributed by atoms with Crippen molar-refractivity contribution in [1.82, 2.24) is 14.7 Å². The van der Waals surface area contributed by atoms with E-state index in [4.69, 9.17) is 11.6 Å². The van der Waals surface area contributed by atoms with Crippen LogP contribution in [-0.4, -0.2) is 39.1 Å². The van der Waals surface area contributed by atoms with Crippen molar-refractivity contribution >= 4 is 17.5 Å². The van der Waals surface area contributed by atoms with Crippen LogP contribution in [0.5, 0.6) is 0 Å². The van der Waals surface area contributed by atoms with E-state index in [1.807, 2.05) is 35.2 Å². The monoisotopic (exact) mass is 289 g/mol. The minimum Gasteiger partial charge on any atom is -0.334 e. The van der Waals surface area contributed by atoms with E-state index in [1.165, 1.54) is 0 Å². The Bertz CT molecular complexity index is 592. The summed E-state index contributed by atoms with van der Waals surface area (Å²) in [7, 11) is 0. The Labute approximate surface area is 123 Å². The number of carbonyl (C=O) groups excluding carboxylic acids is 1. The third kappa shape index (κ3) is 2.70. The smallest absolute Gasteiger partial charge is 0.257 e. The summed E-state index contributed by atoms with van der Waals surface area (Å²) in [5, 5.41) is 4.27. The first kappa shape index (κ1) is 13.2. The molecular weight excluding hydrogens is 274 g/mol. The summed E-state index contributed by atoms with van der Waals surface area (Å²) in [4.78, 5) is 14.3. The molecule has 0 atom stereocenters. The molecule has 0 radical (unpaired) electrons. The summed E-state index contributed by atoms with van der Waals surface area (Å²) in [6.07, 6.45) is 5.56. The normalized spacial score (nSPS) is 14.2. The van der Waals surface area contributed by atoms with Crippen molar-refractivity contribution in [3.05, 3.63) is 48.3 Å². The summed E-state index contributed by atoms with van der Waals surface area (Å²) in [6.45, 7) is 0.599.